The number of hydrogen-bond acceptors (Lipinski definition) is 2. The highest BCUT2D eigenvalue weighted by atomic mass is 15.1. The Morgan fingerprint density at radius 2 is 1.77 bits per heavy atom. The Morgan fingerprint density at radius 1 is 1.23 bits per heavy atom. The van der Waals surface area contributed by atoms with Crippen LogP contribution >= 0.6 is 0 Å². The third kappa shape index (κ3) is 3.28. The molecule has 0 aromatic rings. The standard InChI is InChI=1S/C11H24N2/c1-11(2,9-13(3)4)10-5-7-12-8-6-10/h10,12H,5-9H2,1-4H3. The van der Waals surface area contributed by atoms with Gasteiger partial charge in [-0.25, -0.2) is 0 Å². The lowest BCUT2D eigenvalue weighted by Gasteiger charge is -2.39. The van der Waals surface area contributed by atoms with Gasteiger partial charge in [0.05, 0.1) is 0 Å². The molecule has 0 bridgehead atoms. The first kappa shape index (κ1) is 11.0. The molecule has 2 heteroatoms. The highest BCUT2D eigenvalue weighted by Crippen LogP contribution is 2.33. The molecule has 13 heavy (non-hydrogen) atoms. The van der Waals surface area contributed by atoms with Gasteiger partial charge in [0.2, 0.25) is 0 Å². The molecule has 1 aliphatic heterocycles. The average Bonchev–Trinajstić information content (AvgIpc) is 2.04. The van der Waals surface area contributed by atoms with Gasteiger partial charge in [-0.1, -0.05) is 13.8 Å². The van der Waals surface area contributed by atoms with E-state index in [0.29, 0.717) is 5.41 Å². The van der Waals surface area contributed by atoms with Crippen molar-refractivity contribution in [2.45, 2.75) is 26.7 Å². The van der Waals surface area contributed by atoms with Gasteiger partial charge in [0, 0.05) is 6.54 Å². The Bertz CT molecular complexity index is 146. The van der Waals surface area contributed by atoms with Crippen LogP contribution in [0, 0.1) is 11.3 Å². The van der Waals surface area contributed by atoms with E-state index in [0.717, 1.165) is 5.92 Å². The first-order valence-corrected chi connectivity index (χ1v) is 5.38. The Labute approximate surface area is 82.7 Å². The molecule has 1 N–H and O–H groups in total. The van der Waals surface area contributed by atoms with Crippen LogP contribution in [0.2, 0.25) is 0 Å². The first-order chi connectivity index (χ1) is 6.02. The minimum absolute atomic E-state index is 0.478. The smallest absolute Gasteiger partial charge is 0.00293 e. The van der Waals surface area contributed by atoms with Crippen molar-refractivity contribution in [2.75, 3.05) is 33.7 Å². The zero-order valence-electron chi connectivity index (χ0n) is 9.56. The molecule has 1 rings (SSSR count). The fraction of sp³-hybridized carbons (Fsp3) is 1.00. The third-order valence-corrected chi connectivity index (χ3v) is 3.17. The normalized spacial score (nSPS) is 21.0. The zero-order chi connectivity index (χ0) is 9.90. The summed E-state index contributed by atoms with van der Waals surface area (Å²) in [5.74, 6) is 0.899. The largest absolute Gasteiger partial charge is 0.317 e. The summed E-state index contributed by atoms with van der Waals surface area (Å²) in [4.78, 5) is 2.31. The summed E-state index contributed by atoms with van der Waals surface area (Å²) in [6, 6.07) is 0. The van der Waals surface area contributed by atoms with Crippen molar-refractivity contribution in [3.8, 4) is 0 Å². The summed E-state index contributed by atoms with van der Waals surface area (Å²) in [6.45, 7) is 8.44. The number of rotatable bonds is 3. The van der Waals surface area contributed by atoms with Gasteiger partial charge in [-0.2, -0.15) is 0 Å². The number of nitrogens with zero attached hydrogens (tertiary/aromatic N) is 1. The molecule has 0 aromatic carbocycles. The molecule has 0 atom stereocenters. The molecule has 0 radical (unpaired) electrons. The Balaban J connectivity index is 2.45. The fourth-order valence-corrected chi connectivity index (χ4v) is 2.55. The second-order valence-corrected chi connectivity index (χ2v) is 5.25. The van der Waals surface area contributed by atoms with E-state index in [1.807, 2.05) is 0 Å². The average molecular weight is 184 g/mol. The molecular weight excluding hydrogens is 160 g/mol. The summed E-state index contributed by atoms with van der Waals surface area (Å²) >= 11 is 0. The van der Waals surface area contributed by atoms with Gasteiger partial charge in [0.15, 0.2) is 0 Å². The zero-order valence-corrected chi connectivity index (χ0v) is 9.56. The highest BCUT2D eigenvalue weighted by Gasteiger charge is 2.30. The van der Waals surface area contributed by atoms with Crippen LogP contribution in [0.25, 0.3) is 0 Å². The summed E-state index contributed by atoms with van der Waals surface area (Å²) < 4.78 is 0. The maximum atomic E-state index is 3.43. The summed E-state index contributed by atoms with van der Waals surface area (Å²) in [6.07, 6.45) is 2.70. The molecule has 0 aliphatic carbocycles. The van der Waals surface area contributed by atoms with Crippen LogP contribution in [-0.4, -0.2) is 38.6 Å². The molecule has 1 fully saturated rings. The minimum Gasteiger partial charge on any atom is -0.317 e. The van der Waals surface area contributed by atoms with E-state index in [1.165, 1.54) is 32.5 Å². The van der Waals surface area contributed by atoms with E-state index >= 15 is 0 Å². The predicted octanol–water partition coefficient (Wildman–Crippen LogP) is 1.57. The van der Waals surface area contributed by atoms with Crippen LogP contribution < -0.4 is 5.32 Å². The summed E-state index contributed by atoms with van der Waals surface area (Å²) in [5.41, 5.74) is 0.478. The summed E-state index contributed by atoms with van der Waals surface area (Å²) in [5, 5.41) is 3.43. The van der Waals surface area contributed by atoms with Crippen LogP contribution in [0.5, 0.6) is 0 Å². The van der Waals surface area contributed by atoms with Gasteiger partial charge in [0.25, 0.3) is 0 Å². The SMILES string of the molecule is CN(C)CC(C)(C)C1CCNCC1. The van der Waals surface area contributed by atoms with E-state index in [4.69, 9.17) is 0 Å². The van der Waals surface area contributed by atoms with Crippen LogP contribution in [0.15, 0.2) is 0 Å². The molecule has 1 aliphatic rings. The Kier molecular flexibility index (Phi) is 3.74. The van der Waals surface area contributed by atoms with E-state index < -0.39 is 0 Å². The van der Waals surface area contributed by atoms with Crippen molar-refractivity contribution >= 4 is 0 Å². The van der Waals surface area contributed by atoms with Crippen molar-refractivity contribution in [1.29, 1.82) is 0 Å². The Morgan fingerprint density at radius 3 is 2.23 bits per heavy atom. The third-order valence-electron chi connectivity index (χ3n) is 3.17. The second kappa shape index (κ2) is 4.43. The van der Waals surface area contributed by atoms with Crippen LogP contribution in [0.4, 0.5) is 0 Å². The van der Waals surface area contributed by atoms with E-state index in [-0.39, 0.29) is 0 Å². The molecule has 78 valence electrons. The maximum Gasteiger partial charge on any atom is 0.00293 e. The second-order valence-electron chi connectivity index (χ2n) is 5.25. The minimum atomic E-state index is 0.478. The molecule has 0 spiro atoms. The van der Waals surface area contributed by atoms with Crippen LogP contribution in [-0.2, 0) is 0 Å². The first-order valence-electron chi connectivity index (χ1n) is 5.38. The number of hydrogen-bond donors (Lipinski definition) is 1. The van der Waals surface area contributed by atoms with Gasteiger partial charge in [-0.05, 0) is 51.4 Å². The van der Waals surface area contributed by atoms with Crippen LogP contribution in [0.3, 0.4) is 0 Å². The van der Waals surface area contributed by atoms with Crippen molar-refractivity contribution in [3.05, 3.63) is 0 Å². The molecule has 0 amide bonds. The Hall–Kier alpha value is -0.0800. The molecule has 0 aromatic heterocycles. The maximum absolute atomic E-state index is 3.43. The molecule has 1 heterocycles. The van der Waals surface area contributed by atoms with Crippen molar-refractivity contribution < 1.29 is 0 Å². The highest BCUT2D eigenvalue weighted by molar-refractivity contribution is 4.83. The molecule has 0 saturated carbocycles. The van der Waals surface area contributed by atoms with Crippen molar-refractivity contribution in [3.63, 3.8) is 0 Å². The molecule has 1 saturated heterocycles. The van der Waals surface area contributed by atoms with Gasteiger partial charge in [-0.15, -0.1) is 0 Å². The van der Waals surface area contributed by atoms with Crippen LogP contribution in [0.1, 0.15) is 26.7 Å². The molecule has 2 nitrogen and oxygen atoms in total. The lowest BCUT2D eigenvalue weighted by molar-refractivity contribution is 0.123. The topological polar surface area (TPSA) is 15.3 Å². The van der Waals surface area contributed by atoms with E-state index in [2.05, 4.69) is 38.2 Å². The van der Waals surface area contributed by atoms with E-state index in [1.54, 1.807) is 0 Å². The monoisotopic (exact) mass is 184 g/mol. The lowest BCUT2D eigenvalue weighted by atomic mass is 9.74. The van der Waals surface area contributed by atoms with Crippen molar-refractivity contribution in [2.24, 2.45) is 11.3 Å². The van der Waals surface area contributed by atoms with Gasteiger partial charge in [0.1, 0.15) is 0 Å². The van der Waals surface area contributed by atoms with Gasteiger partial charge < -0.3 is 10.2 Å². The number of nitrogens with one attached hydrogen (secondary N) is 1. The fourth-order valence-electron chi connectivity index (χ4n) is 2.55. The van der Waals surface area contributed by atoms with Gasteiger partial charge >= 0.3 is 0 Å². The number of piperidine rings is 1. The molecular formula is C11H24N2. The van der Waals surface area contributed by atoms with Crippen molar-refractivity contribution in [1.82, 2.24) is 10.2 Å². The molecule has 0 unspecified atom stereocenters. The predicted molar refractivity (Wildman–Crippen MR) is 57.9 cm³/mol. The quantitative estimate of drug-likeness (QED) is 0.716. The van der Waals surface area contributed by atoms with Gasteiger partial charge in [-0.3, -0.25) is 0 Å². The lowest BCUT2D eigenvalue weighted by Crippen LogP contribution is -2.40. The summed E-state index contributed by atoms with van der Waals surface area (Å²) in [7, 11) is 4.34. The van der Waals surface area contributed by atoms with E-state index in [9.17, 15) is 0 Å².